The van der Waals surface area contributed by atoms with Crippen LogP contribution in [0, 0.1) is 0 Å². The molecular weight excluding hydrogens is 250 g/mol. The highest BCUT2D eigenvalue weighted by Gasteiger charge is 2.12. The van der Waals surface area contributed by atoms with Crippen LogP contribution in [0.15, 0.2) is 24.3 Å². The van der Waals surface area contributed by atoms with Crippen molar-refractivity contribution in [1.29, 1.82) is 0 Å². The van der Waals surface area contributed by atoms with Crippen LogP contribution in [0.1, 0.15) is 33.1 Å². The topological polar surface area (TPSA) is 44.4 Å². The summed E-state index contributed by atoms with van der Waals surface area (Å²) in [4.78, 5) is 14.2. The number of hydrogen-bond donors (Lipinski definition) is 2. The summed E-state index contributed by atoms with van der Waals surface area (Å²) in [6.07, 6.45) is 3.58. The van der Waals surface area contributed by atoms with E-state index in [4.69, 9.17) is 0 Å². The molecule has 1 atom stereocenters. The molecule has 0 aliphatic carbocycles. The maximum Gasteiger partial charge on any atom is 0.238 e. The first-order valence-corrected chi connectivity index (χ1v) is 7.57. The molecule has 1 saturated heterocycles. The Bertz CT molecular complexity index is 424. The van der Waals surface area contributed by atoms with Crippen molar-refractivity contribution >= 4 is 17.3 Å². The predicted octanol–water partition coefficient (Wildman–Crippen LogP) is 2.61. The second-order valence-electron chi connectivity index (χ2n) is 5.48. The smallest absolute Gasteiger partial charge is 0.238 e. The summed E-state index contributed by atoms with van der Waals surface area (Å²) in [7, 11) is 0. The molecule has 4 heteroatoms. The molecule has 110 valence electrons. The van der Waals surface area contributed by atoms with Crippen LogP contribution in [-0.2, 0) is 4.79 Å². The lowest BCUT2D eigenvalue weighted by Gasteiger charge is -2.18. The zero-order valence-electron chi connectivity index (χ0n) is 12.5. The van der Waals surface area contributed by atoms with Crippen molar-refractivity contribution in [2.75, 3.05) is 29.9 Å². The Hall–Kier alpha value is -1.55. The number of nitrogens with one attached hydrogen (secondary N) is 2. The lowest BCUT2D eigenvalue weighted by atomic mass is 10.2. The van der Waals surface area contributed by atoms with Gasteiger partial charge in [0, 0.05) is 30.5 Å². The summed E-state index contributed by atoms with van der Waals surface area (Å²) in [5.74, 6) is 0.0132. The second-order valence-corrected chi connectivity index (χ2v) is 5.48. The van der Waals surface area contributed by atoms with Crippen LogP contribution >= 0.6 is 0 Å². The van der Waals surface area contributed by atoms with Gasteiger partial charge in [0.15, 0.2) is 0 Å². The molecule has 1 unspecified atom stereocenters. The van der Waals surface area contributed by atoms with Gasteiger partial charge in [-0.1, -0.05) is 6.92 Å². The molecule has 2 rings (SSSR count). The van der Waals surface area contributed by atoms with Gasteiger partial charge in [-0.2, -0.15) is 0 Å². The Labute approximate surface area is 121 Å². The second kappa shape index (κ2) is 7.29. The molecular formula is C16H25N3O. The molecule has 20 heavy (non-hydrogen) atoms. The van der Waals surface area contributed by atoms with Gasteiger partial charge in [0.05, 0.1) is 6.54 Å². The number of amides is 1. The fourth-order valence-electron chi connectivity index (χ4n) is 2.35. The van der Waals surface area contributed by atoms with Gasteiger partial charge in [0.1, 0.15) is 0 Å². The van der Waals surface area contributed by atoms with Crippen LogP contribution in [0.4, 0.5) is 11.4 Å². The molecule has 0 radical (unpaired) electrons. The van der Waals surface area contributed by atoms with Gasteiger partial charge >= 0.3 is 0 Å². The van der Waals surface area contributed by atoms with Gasteiger partial charge in [0.25, 0.3) is 0 Å². The van der Waals surface area contributed by atoms with E-state index in [0.717, 1.165) is 25.2 Å². The van der Waals surface area contributed by atoms with Crippen molar-refractivity contribution < 1.29 is 4.79 Å². The average molecular weight is 275 g/mol. The van der Waals surface area contributed by atoms with E-state index < -0.39 is 0 Å². The van der Waals surface area contributed by atoms with E-state index in [9.17, 15) is 4.79 Å². The third-order valence-corrected chi connectivity index (χ3v) is 3.85. The third-order valence-electron chi connectivity index (χ3n) is 3.85. The van der Waals surface area contributed by atoms with Gasteiger partial charge in [-0.25, -0.2) is 0 Å². The van der Waals surface area contributed by atoms with Gasteiger partial charge in [-0.3, -0.25) is 4.79 Å². The number of rotatable bonds is 6. The molecule has 0 saturated carbocycles. The largest absolute Gasteiger partial charge is 0.372 e. The number of nitrogens with zero attached hydrogens (tertiary/aromatic N) is 1. The molecule has 1 fully saturated rings. The van der Waals surface area contributed by atoms with Crippen molar-refractivity contribution in [3.05, 3.63) is 24.3 Å². The van der Waals surface area contributed by atoms with E-state index in [2.05, 4.69) is 41.5 Å². The number of benzene rings is 1. The minimum Gasteiger partial charge on any atom is -0.372 e. The molecule has 0 bridgehead atoms. The molecule has 1 aromatic carbocycles. The van der Waals surface area contributed by atoms with E-state index in [1.807, 2.05) is 12.1 Å². The predicted molar refractivity (Wildman–Crippen MR) is 84.3 cm³/mol. The van der Waals surface area contributed by atoms with E-state index in [1.54, 1.807) is 0 Å². The van der Waals surface area contributed by atoms with Crippen LogP contribution in [-0.4, -0.2) is 31.6 Å². The SMILES string of the molecule is CCC(C)NCC(=O)Nc1ccc(N2CCCC2)cc1. The molecule has 4 nitrogen and oxygen atoms in total. The van der Waals surface area contributed by atoms with Crippen LogP contribution in [0.3, 0.4) is 0 Å². The van der Waals surface area contributed by atoms with Crippen LogP contribution in [0.25, 0.3) is 0 Å². The Balaban J connectivity index is 1.82. The van der Waals surface area contributed by atoms with Crippen molar-refractivity contribution in [3.63, 3.8) is 0 Å². The standard InChI is InChI=1S/C16H25N3O/c1-3-13(2)17-12-16(20)18-14-6-8-15(9-7-14)19-10-4-5-11-19/h6-9,13,17H,3-5,10-12H2,1-2H3,(H,18,20). The van der Waals surface area contributed by atoms with Gasteiger partial charge in [0.2, 0.25) is 5.91 Å². The Morgan fingerprint density at radius 3 is 2.50 bits per heavy atom. The minimum atomic E-state index is 0.0132. The number of carbonyl (C=O) groups is 1. The molecule has 0 aromatic heterocycles. The highest BCUT2D eigenvalue weighted by atomic mass is 16.1. The first kappa shape index (κ1) is 14.9. The fraction of sp³-hybridized carbons (Fsp3) is 0.562. The van der Waals surface area contributed by atoms with E-state index >= 15 is 0 Å². The summed E-state index contributed by atoms with van der Waals surface area (Å²) in [5.41, 5.74) is 2.11. The normalized spacial score (nSPS) is 16.2. The number of anilines is 2. The number of hydrogen-bond acceptors (Lipinski definition) is 3. The lowest BCUT2D eigenvalue weighted by Crippen LogP contribution is -2.33. The summed E-state index contributed by atoms with van der Waals surface area (Å²) < 4.78 is 0. The molecule has 1 aromatic rings. The highest BCUT2D eigenvalue weighted by Crippen LogP contribution is 2.21. The van der Waals surface area contributed by atoms with Crippen molar-refractivity contribution in [2.24, 2.45) is 0 Å². The van der Waals surface area contributed by atoms with Gasteiger partial charge < -0.3 is 15.5 Å². The lowest BCUT2D eigenvalue weighted by molar-refractivity contribution is -0.115. The summed E-state index contributed by atoms with van der Waals surface area (Å²) >= 11 is 0. The van der Waals surface area contributed by atoms with Gasteiger partial charge in [-0.15, -0.1) is 0 Å². The summed E-state index contributed by atoms with van der Waals surface area (Å²) in [6.45, 7) is 6.84. The molecule has 1 heterocycles. The molecule has 0 spiro atoms. The molecule has 1 aliphatic heterocycles. The fourth-order valence-corrected chi connectivity index (χ4v) is 2.35. The summed E-state index contributed by atoms with van der Waals surface area (Å²) in [6, 6.07) is 8.51. The molecule has 1 aliphatic rings. The van der Waals surface area contributed by atoms with Crippen LogP contribution in [0.2, 0.25) is 0 Å². The van der Waals surface area contributed by atoms with Crippen molar-refractivity contribution in [2.45, 2.75) is 39.2 Å². The van der Waals surface area contributed by atoms with E-state index in [0.29, 0.717) is 12.6 Å². The maximum atomic E-state index is 11.8. The first-order valence-electron chi connectivity index (χ1n) is 7.57. The Kier molecular flexibility index (Phi) is 5.41. The third kappa shape index (κ3) is 4.23. The Morgan fingerprint density at radius 2 is 1.90 bits per heavy atom. The van der Waals surface area contributed by atoms with E-state index in [1.165, 1.54) is 18.5 Å². The highest BCUT2D eigenvalue weighted by molar-refractivity contribution is 5.92. The summed E-state index contributed by atoms with van der Waals surface area (Å²) in [5, 5.41) is 6.11. The monoisotopic (exact) mass is 275 g/mol. The first-order chi connectivity index (χ1) is 9.69. The maximum absolute atomic E-state index is 11.8. The number of carbonyl (C=O) groups excluding carboxylic acids is 1. The van der Waals surface area contributed by atoms with Crippen molar-refractivity contribution in [1.82, 2.24) is 5.32 Å². The Morgan fingerprint density at radius 1 is 1.25 bits per heavy atom. The van der Waals surface area contributed by atoms with Crippen molar-refractivity contribution in [3.8, 4) is 0 Å². The molecule has 2 N–H and O–H groups in total. The molecule has 1 amide bonds. The zero-order valence-corrected chi connectivity index (χ0v) is 12.5. The quantitative estimate of drug-likeness (QED) is 0.839. The minimum absolute atomic E-state index is 0.0132. The van der Waals surface area contributed by atoms with Crippen LogP contribution in [0.5, 0.6) is 0 Å². The average Bonchev–Trinajstić information content (AvgIpc) is 2.99. The van der Waals surface area contributed by atoms with E-state index in [-0.39, 0.29) is 5.91 Å². The van der Waals surface area contributed by atoms with Crippen LogP contribution < -0.4 is 15.5 Å². The van der Waals surface area contributed by atoms with Gasteiger partial charge in [-0.05, 0) is 50.5 Å². The zero-order chi connectivity index (χ0) is 14.4.